The largest absolute Gasteiger partial charge is 0.472 e. The number of thiophene rings is 1. The number of benzene rings is 5. The van der Waals surface area contributed by atoms with Crippen molar-refractivity contribution in [2.24, 2.45) is 21.1 Å². The third kappa shape index (κ3) is 36.5. The first-order chi connectivity index (χ1) is 52.6. The smallest absolute Gasteiger partial charge is 0.271 e. The van der Waals surface area contributed by atoms with Crippen LogP contribution < -0.4 is 16.7 Å². The van der Waals surface area contributed by atoms with Gasteiger partial charge >= 0.3 is 0 Å². The molecule has 0 atom stereocenters. The van der Waals surface area contributed by atoms with Gasteiger partial charge in [0.05, 0.1) is 65.2 Å². The molecule has 1 saturated heterocycles. The molecule has 0 bridgehead atoms. The maximum Gasteiger partial charge on any atom is 0.271 e. The van der Waals surface area contributed by atoms with Crippen molar-refractivity contribution in [3.8, 4) is 0 Å². The van der Waals surface area contributed by atoms with Crippen LogP contribution in [0.3, 0.4) is 0 Å². The maximum absolute atomic E-state index is 11.5. The quantitative estimate of drug-likeness (QED) is 0.151. The first kappa shape index (κ1) is 100.0. The van der Waals surface area contributed by atoms with Gasteiger partial charge in [-0.05, 0) is 181 Å². The number of H-pyrrole nitrogens is 1. The van der Waals surface area contributed by atoms with Gasteiger partial charge < -0.3 is 23.0 Å². The number of furan rings is 1. The monoisotopic (exact) mass is 1490 g/mol. The van der Waals surface area contributed by atoms with Crippen LogP contribution in [-0.4, -0.2) is 78.8 Å². The molecular weight excluding hydrogens is 1360 g/mol. The molecule has 16 rings (SSSR count). The van der Waals surface area contributed by atoms with E-state index in [9.17, 15) is 14.4 Å². The summed E-state index contributed by atoms with van der Waals surface area (Å²) in [6.07, 6.45) is 21.3. The van der Waals surface area contributed by atoms with E-state index in [1.165, 1.54) is 140 Å². The Hall–Kier alpha value is -10.1. The van der Waals surface area contributed by atoms with E-state index in [1.807, 2.05) is 242 Å². The summed E-state index contributed by atoms with van der Waals surface area (Å²) in [7, 11) is 7.23. The van der Waals surface area contributed by atoms with Gasteiger partial charge in [0.2, 0.25) is 0 Å². The lowest BCUT2D eigenvalue weighted by Gasteiger charge is -2.15. The van der Waals surface area contributed by atoms with Crippen LogP contribution in [-0.2, 0) is 34.0 Å². The number of aromatic nitrogens is 11. The highest BCUT2D eigenvalue weighted by Crippen LogP contribution is 2.22. The highest BCUT2D eigenvalue weighted by Gasteiger charge is 2.08. The lowest BCUT2D eigenvalue weighted by Crippen LogP contribution is -2.16. The Balaban J connectivity index is 0. The van der Waals surface area contributed by atoms with E-state index < -0.39 is 0 Å². The number of nitrogens with one attached hydrogen (secondary N) is 1. The van der Waals surface area contributed by atoms with E-state index in [-0.39, 0.29) is 16.7 Å². The number of nitrogens with zero attached hydrogens (tertiary/aromatic N) is 11. The number of hydrogen-bond acceptors (Lipinski definition) is 13. The van der Waals surface area contributed by atoms with E-state index in [1.54, 1.807) is 50.9 Å². The molecule has 2 aliphatic rings. The van der Waals surface area contributed by atoms with E-state index in [2.05, 4.69) is 133 Å². The molecule has 9 aromatic heterocycles. The molecule has 0 spiro atoms. The fourth-order valence-electron chi connectivity index (χ4n) is 9.63. The molecule has 0 radical (unpaired) electrons. The minimum absolute atomic E-state index is 0.000556. The topological polar surface area (TPSA) is 188 Å². The van der Waals surface area contributed by atoms with Crippen molar-refractivity contribution >= 4 is 76.1 Å². The molecule has 1 fully saturated rings. The van der Waals surface area contributed by atoms with E-state index in [0.717, 1.165) is 38.2 Å². The van der Waals surface area contributed by atoms with Crippen LogP contribution in [0.4, 0.5) is 0 Å². The zero-order valence-corrected chi connectivity index (χ0v) is 71.6. The molecule has 1 N–H and O–H groups in total. The first-order valence-corrected chi connectivity index (χ1v) is 39.8. The molecule has 0 unspecified atom stereocenters. The fraction of sp³-hybridized carbons (Fsp3) is 0.385. The van der Waals surface area contributed by atoms with Crippen LogP contribution in [0.5, 0.6) is 0 Å². The van der Waals surface area contributed by atoms with Crippen molar-refractivity contribution in [1.29, 1.82) is 0 Å². The van der Waals surface area contributed by atoms with Crippen LogP contribution in [0.2, 0.25) is 0 Å². The van der Waals surface area contributed by atoms with Crippen molar-refractivity contribution in [1.82, 2.24) is 58.7 Å². The summed E-state index contributed by atoms with van der Waals surface area (Å²) in [5, 5.41) is 14.3. The molecular formula is C91H132N12O4S. The predicted molar refractivity (Wildman–Crippen MR) is 471 cm³/mol. The Morgan fingerprint density at radius 2 is 0.926 bits per heavy atom. The van der Waals surface area contributed by atoms with Crippen molar-refractivity contribution in [2.45, 2.75) is 198 Å². The van der Waals surface area contributed by atoms with Gasteiger partial charge in [0.25, 0.3) is 16.7 Å². The van der Waals surface area contributed by atoms with Crippen LogP contribution in [0.15, 0.2) is 226 Å². The zero-order valence-electron chi connectivity index (χ0n) is 70.7. The van der Waals surface area contributed by atoms with Gasteiger partial charge in [-0.25, -0.2) is 15.0 Å². The number of likely N-dealkylation sites (tertiary alicyclic amines) is 1. The van der Waals surface area contributed by atoms with Gasteiger partial charge in [0, 0.05) is 61.1 Å². The number of fused-ring (bicyclic) bond motifs is 7. The van der Waals surface area contributed by atoms with Gasteiger partial charge in [-0.3, -0.25) is 34.4 Å². The Bertz CT molecular complexity index is 4470. The average molecular weight is 1490 g/mol. The fourth-order valence-corrected chi connectivity index (χ4v) is 10.5. The summed E-state index contributed by atoms with van der Waals surface area (Å²) in [6, 6.07) is 50.9. The Morgan fingerprint density at radius 3 is 1.52 bits per heavy atom. The van der Waals surface area contributed by atoms with Crippen molar-refractivity contribution in [3.05, 3.63) is 277 Å². The average Bonchev–Trinajstić information content (AvgIpc) is 1.51. The Labute approximate surface area is 651 Å². The molecule has 108 heavy (non-hydrogen) atoms. The minimum Gasteiger partial charge on any atom is -0.472 e. The minimum atomic E-state index is -0.0799. The molecule has 586 valence electrons. The van der Waals surface area contributed by atoms with Crippen molar-refractivity contribution in [2.75, 3.05) is 20.1 Å². The highest BCUT2D eigenvalue weighted by molar-refractivity contribution is 7.17. The second kappa shape index (κ2) is 62.0. The Kier molecular flexibility index (Phi) is 57.4. The molecule has 1 aliphatic heterocycles. The second-order valence-corrected chi connectivity index (χ2v) is 23.0. The standard InChI is InChI=1S/C11H14.3C10H9N.C9H8N2O.C7H6N2OS.C6H6N4O.C5H11N.C5H6O.9C2H6/c1-9-6-7-10-4-2-3-5-11(10)8-9;1-8-4-5-10-9(7-8)3-2-6-11-10;1-8-6-9-4-2-3-5-10(9)7-11-8;1-8-6-7-9-4-2-3-5-10(9)11-8;1-11-6-10-8-5-3-2-4-7(8)9(11)12;1-9-4-8-5-2-3-11-6(5)7(9)10;1-10-3-7-5-4(6(10)11)2-8-9-5;1-6-4-2-3-5-6;1-5-2-3-6-4-5;9*1-2/h6-8H,2-5H2,1H3;3*2-7H,1H3;2-6H,1H3;2-4H,1H3;2-3H,1H3,(H,8,9);2-5H2,1H3;2-4H,1H3;9*1-2H3. The molecule has 16 nitrogen and oxygen atoms in total. The van der Waals surface area contributed by atoms with E-state index in [4.69, 9.17) is 4.42 Å². The normalized spacial score (nSPS) is 10.5. The third-order valence-electron chi connectivity index (χ3n) is 14.6. The van der Waals surface area contributed by atoms with Crippen LogP contribution in [0.1, 0.15) is 190 Å². The Morgan fingerprint density at radius 1 is 0.398 bits per heavy atom. The number of aromatic amines is 1. The summed E-state index contributed by atoms with van der Waals surface area (Å²) in [6.45, 7) is 48.9. The molecule has 0 amide bonds. The van der Waals surface area contributed by atoms with Gasteiger partial charge in [0.1, 0.15) is 10.1 Å². The summed E-state index contributed by atoms with van der Waals surface area (Å²) in [5.41, 5.74) is 13.4. The first-order valence-electron chi connectivity index (χ1n) is 38.9. The van der Waals surface area contributed by atoms with Crippen LogP contribution in [0, 0.1) is 34.6 Å². The second-order valence-electron chi connectivity index (χ2n) is 22.1. The molecule has 14 aromatic rings. The van der Waals surface area contributed by atoms with Gasteiger partial charge in [-0.15, -0.1) is 11.3 Å². The SMILES string of the molecule is CC.CC.CC.CC.CC.CC.CC.CC.CC.CN1CCCC1.Cc1cc2ccccc2cn1.Cc1ccc2c(c1)CCCC2.Cc1ccc2ccccc2n1.Cc1ccc2ncccc2c1.Cc1ccoc1.Cn1cnc2[nH]ncc2c1=O.Cn1cnc2ccccc2c1=O.Cn1cnc2ccsc2c1=O. The maximum atomic E-state index is 11.5. The van der Waals surface area contributed by atoms with E-state index >= 15 is 0 Å². The number of pyridine rings is 3. The van der Waals surface area contributed by atoms with E-state index in [0.29, 0.717) is 16.4 Å². The van der Waals surface area contributed by atoms with Gasteiger partial charge in [-0.2, -0.15) is 5.10 Å². The predicted octanol–water partition coefficient (Wildman–Crippen LogP) is 23.6. The van der Waals surface area contributed by atoms with Crippen LogP contribution in [0.25, 0.3) is 64.7 Å². The number of hydrogen-bond donors (Lipinski definition) is 1. The zero-order chi connectivity index (χ0) is 81.8. The molecule has 1 aliphatic carbocycles. The number of aryl methyl sites for hydroxylation is 10. The summed E-state index contributed by atoms with van der Waals surface area (Å²) in [4.78, 5) is 61.3. The number of rotatable bonds is 0. The number of para-hydroxylation sites is 2. The van der Waals surface area contributed by atoms with Crippen molar-refractivity contribution in [3.63, 3.8) is 0 Å². The van der Waals surface area contributed by atoms with Crippen LogP contribution >= 0.6 is 11.3 Å². The summed E-state index contributed by atoms with van der Waals surface area (Å²) >= 11 is 1.43. The molecule has 0 saturated carbocycles. The molecule has 5 aromatic carbocycles. The highest BCUT2D eigenvalue weighted by atomic mass is 32.1. The van der Waals surface area contributed by atoms with Crippen molar-refractivity contribution < 1.29 is 4.42 Å². The summed E-state index contributed by atoms with van der Waals surface area (Å²) < 4.78 is 9.82. The van der Waals surface area contributed by atoms with Gasteiger partial charge in [-0.1, -0.05) is 227 Å². The molecule has 10 heterocycles. The lowest BCUT2D eigenvalue weighted by atomic mass is 9.91. The summed E-state index contributed by atoms with van der Waals surface area (Å²) in [5.74, 6) is 0. The molecule has 17 heteroatoms. The lowest BCUT2D eigenvalue weighted by molar-refractivity contribution is 0.418. The third-order valence-corrected chi connectivity index (χ3v) is 15.5. The van der Waals surface area contributed by atoms with Gasteiger partial charge in [0.15, 0.2) is 5.65 Å².